The fourth-order valence-electron chi connectivity index (χ4n) is 1.68. The summed E-state index contributed by atoms with van der Waals surface area (Å²) in [6.07, 6.45) is 2.83. The Morgan fingerprint density at radius 2 is 2.40 bits per heavy atom. The zero-order valence-electron chi connectivity index (χ0n) is 8.48. The van der Waals surface area contributed by atoms with Crippen LogP contribution >= 0.6 is 24.0 Å². The number of rotatable bonds is 2. The molecule has 0 radical (unpaired) electrons. The molecule has 0 unspecified atom stereocenters. The van der Waals surface area contributed by atoms with Crippen molar-refractivity contribution < 1.29 is 0 Å². The van der Waals surface area contributed by atoms with Gasteiger partial charge >= 0.3 is 0 Å². The second-order valence-corrected chi connectivity index (χ2v) is 3.78. The van der Waals surface area contributed by atoms with Crippen molar-refractivity contribution in [3.63, 3.8) is 0 Å². The predicted molar refractivity (Wildman–Crippen MR) is 64.0 cm³/mol. The van der Waals surface area contributed by atoms with Gasteiger partial charge in [0.25, 0.3) is 0 Å². The number of anilines is 1. The zero-order valence-corrected chi connectivity index (χ0v) is 10.1. The summed E-state index contributed by atoms with van der Waals surface area (Å²) in [5, 5.41) is 3.63. The average molecular weight is 249 g/mol. The third-order valence-electron chi connectivity index (χ3n) is 2.55. The van der Waals surface area contributed by atoms with Crippen LogP contribution in [0, 0.1) is 0 Å². The lowest BCUT2D eigenvalue weighted by Crippen LogP contribution is -2.33. The van der Waals surface area contributed by atoms with Crippen LogP contribution in [-0.4, -0.2) is 36.1 Å². The van der Waals surface area contributed by atoms with Crippen molar-refractivity contribution in [3.8, 4) is 0 Å². The molecule has 0 aliphatic carbocycles. The maximum atomic E-state index is 5.73. The molecule has 1 aromatic heterocycles. The summed E-state index contributed by atoms with van der Waals surface area (Å²) in [6, 6.07) is 2.39. The Kier molecular flexibility index (Phi) is 4.57. The molecule has 0 saturated carbocycles. The summed E-state index contributed by atoms with van der Waals surface area (Å²) in [5.41, 5.74) is 0. The molecule has 1 aromatic rings. The van der Waals surface area contributed by atoms with Gasteiger partial charge in [-0.25, -0.2) is 9.97 Å². The van der Waals surface area contributed by atoms with Gasteiger partial charge in [-0.05, 0) is 30.6 Å². The van der Waals surface area contributed by atoms with E-state index in [1.54, 1.807) is 6.20 Å². The first-order valence-electron chi connectivity index (χ1n) is 4.69. The van der Waals surface area contributed by atoms with E-state index in [1.807, 2.05) is 13.1 Å². The summed E-state index contributed by atoms with van der Waals surface area (Å²) in [5.74, 6) is 0.888. The fourth-order valence-corrected chi connectivity index (χ4v) is 1.82. The highest BCUT2D eigenvalue weighted by molar-refractivity contribution is 6.28. The first-order valence-corrected chi connectivity index (χ1v) is 5.07. The molecule has 1 atom stereocenters. The monoisotopic (exact) mass is 248 g/mol. The maximum Gasteiger partial charge on any atom is 0.224 e. The molecule has 15 heavy (non-hydrogen) atoms. The molecule has 6 heteroatoms. The van der Waals surface area contributed by atoms with Gasteiger partial charge in [0.05, 0.1) is 0 Å². The van der Waals surface area contributed by atoms with E-state index in [9.17, 15) is 0 Å². The molecular formula is C9H14Cl2N4. The molecule has 0 aromatic carbocycles. The first-order chi connectivity index (χ1) is 6.77. The van der Waals surface area contributed by atoms with E-state index < -0.39 is 0 Å². The molecule has 2 rings (SSSR count). The van der Waals surface area contributed by atoms with Gasteiger partial charge in [-0.3, -0.25) is 0 Å². The van der Waals surface area contributed by atoms with Crippen molar-refractivity contribution in [2.75, 3.05) is 25.0 Å². The Labute approximate surface area is 100 Å². The molecule has 1 saturated heterocycles. The van der Waals surface area contributed by atoms with Crippen LogP contribution < -0.4 is 10.2 Å². The minimum Gasteiger partial charge on any atom is -0.355 e. The standard InChI is InChI=1S/C9H13ClN4.ClH/c1-14(7-2-4-11-6-7)8-3-5-12-9(10)13-8;/h3,5,7,11H,2,4,6H2,1H3;1H/t7-;/m0./s1. The van der Waals surface area contributed by atoms with Crippen LogP contribution in [-0.2, 0) is 0 Å². The summed E-state index contributed by atoms with van der Waals surface area (Å²) < 4.78 is 0. The lowest BCUT2D eigenvalue weighted by atomic mass is 10.2. The summed E-state index contributed by atoms with van der Waals surface area (Å²) >= 11 is 5.73. The number of nitrogens with one attached hydrogen (secondary N) is 1. The van der Waals surface area contributed by atoms with Crippen LogP contribution in [0.1, 0.15) is 6.42 Å². The molecule has 2 heterocycles. The number of nitrogens with zero attached hydrogens (tertiary/aromatic N) is 3. The van der Waals surface area contributed by atoms with E-state index in [2.05, 4.69) is 20.2 Å². The van der Waals surface area contributed by atoms with Crippen LogP contribution in [0.4, 0.5) is 5.82 Å². The zero-order chi connectivity index (χ0) is 9.97. The van der Waals surface area contributed by atoms with E-state index in [1.165, 1.54) is 0 Å². The summed E-state index contributed by atoms with van der Waals surface area (Å²) in [7, 11) is 2.04. The fraction of sp³-hybridized carbons (Fsp3) is 0.556. The molecule has 1 aliphatic heterocycles. The lowest BCUT2D eigenvalue weighted by Gasteiger charge is -2.24. The van der Waals surface area contributed by atoms with Crippen molar-refractivity contribution in [1.29, 1.82) is 0 Å². The number of aromatic nitrogens is 2. The largest absolute Gasteiger partial charge is 0.355 e. The molecule has 4 nitrogen and oxygen atoms in total. The van der Waals surface area contributed by atoms with E-state index >= 15 is 0 Å². The van der Waals surface area contributed by atoms with Crippen molar-refractivity contribution in [2.24, 2.45) is 0 Å². The Morgan fingerprint density at radius 3 is 3.00 bits per heavy atom. The van der Waals surface area contributed by atoms with Gasteiger partial charge in [0, 0.05) is 25.8 Å². The predicted octanol–water partition coefficient (Wildman–Crippen LogP) is 1.35. The van der Waals surface area contributed by atoms with Gasteiger partial charge in [-0.15, -0.1) is 12.4 Å². The van der Waals surface area contributed by atoms with E-state index in [4.69, 9.17) is 11.6 Å². The molecule has 0 spiro atoms. The van der Waals surface area contributed by atoms with Gasteiger partial charge < -0.3 is 10.2 Å². The van der Waals surface area contributed by atoms with Crippen molar-refractivity contribution in [3.05, 3.63) is 17.5 Å². The maximum absolute atomic E-state index is 5.73. The minimum absolute atomic E-state index is 0. The van der Waals surface area contributed by atoms with Crippen LogP contribution in [0.25, 0.3) is 0 Å². The van der Waals surface area contributed by atoms with Gasteiger partial charge in [-0.1, -0.05) is 0 Å². The number of hydrogen-bond donors (Lipinski definition) is 1. The van der Waals surface area contributed by atoms with Crippen LogP contribution in [0.3, 0.4) is 0 Å². The highest BCUT2D eigenvalue weighted by atomic mass is 35.5. The lowest BCUT2D eigenvalue weighted by molar-refractivity contribution is 0.677. The highest BCUT2D eigenvalue weighted by Gasteiger charge is 2.20. The normalized spacial score (nSPS) is 19.7. The molecule has 1 aliphatic rings. The number of halogens is 2. The second kappa shape index (κ2) is 5.49. The van der Waals surface area contributed by atoms with Gasteiger partial charge in [-0.2, -0.15) is 0 Å². The Hall–Kier alpha value is -0.580. The van der Waals surface area contributed by atoms with Gasteiger partial charge in [0.1, 0.15) is 5.82 Å². The third-order valence-corrected chi connectivity index (χ3v) is 2.74. The Morgan fingerprint density at radius 1 is 1.60 bits per heavy atom. The topological polar surface area (TPSA) is 41.1 Å². The van der Waals surface area contributed by atoms with E-state index in [-0.39, 0.29) is 12.4 Å². The Bertz CT molecular complexity index is 315. The second-order valence-electron chi connectivity index (χ2n) is 3.44. The molecule has 84 valence electrons. The SMILES string of the molecule is CN(c1ccnc(Cl)n1)[C@H]1CCNC1.Cl. The van der Waals surface area contributed by atoms with Gasteiger partial charge in [0.15, 0.2) is 0 Å². The molecule has 1 fully saturated rings. The molecule has 0 amide bonds. The van der Waals surface area contributed by atoms with Gasteiger partial charge in [0.2, 0.25) is 5.28 Å². The van der Waals surface area contributed by atoms with Crippen LogP contribution in [0.15, 0.2) is 12.3 Å². The minimum atomic E-state index is 0. The van der Waals surface area contributed by atoms with Crippen molar-refractivity contribution in [1.82, 2.24) is 15.3 Å². The number of hydrogen-bond acceptors (Lipinski definition) is 4. The average Bonchev–Trinajstić information content (AvgIpc) is 2.69. The molecule has 0 bridgehead atoms. The van der Waals surface area contributed by atoms with E-state index in [0.717, 1.165) is 25.3 Å². The molecule has 1 N–H and O–H groups in total. The van der Waals surface area contributed by atoms with E-state index in [0.29, 0.717) is 11.3 Å². The smallest absolute Gasteiger partial charge is 0.224 e. The molecular weight excluding hydrogens is 235 g/mol. The third kappa shape index (κ3) is 2.93. The first kappa shape index (κ1) is 12.5. The van der Waals surface area contributed by atoms with Crippen LogP contribution in [0.5, 0.6) is 0 Å². The van der Waals surface area contributed by atoms with Crippen LogP contribution in [0.2, 0.25) is 5.28 Å². The van der Waals surface area contributed by atoms with Crippen molar-refractivity contribution >= 4 is 29.8 Å². The highest BCUT2D eigenvalue weighted by Crippen LogP contribution is 2.16. The Balaban J connectivity index is 0.00000112. The summed E-state index contributed by atoms with van der Waals surface area (Å²) in [4.78, 5) is 10.2. The summed E-state index contributed by atoms with van der Waals surface area (Å²) in [6.45, 7) is 2.09. The number of likely N-dealkylation sites (N-methyl/N-ethyl adjacent to an activating group) is 1. The van der Waals surface area contributed by atoms with Crippen molar-refractivity contribution in [2.45, 2.75) is 12.5 Å². The quantitative estimate of drug-likeness (QED) is 0.803.